The van der Waals surface area contributed by atoms with E-state index >= 15 is 0 Å². The normalized spacial score (nSPS) is 28.1. The van der Waals surface area contributed by atoms with Gasteiger partial charge in [0.15, 0.2) is 0 Å². The Morgan fingerprint density at radius 1 is 1.25 bits per heavy atom. The predicted octanol–water partition coefficient (Wildman–Crippen LogP) is 3.61. The molecule has 0 bridgehead atoms. The molecular formula is C17H27NO2. The monoisotopic (exact) mass is 277 g/mol. The van der Waals surface area contributed by atoms with Gasteiger partial charge in [-0.25, -0.2) is 0 Å². The molecule has 0 saturated carbocycles. The molecule has 20 heavy (non-hydrogen) atoms. The fourth-order valence-corrected chi connectivity index (χ4v) is 3.18. The molecule has 1 heterocycles. The van der Waals surface area contributed by atoms with Crippen LogP contribution in [0.4, 0.5) is 0 Å². The highest BCUT2D eigenvalue weighted by atomic mass is 16.5. The number of rotatable bonds is 4. The van der Waals surface area contributed by atoms with Crippen molar-refractivity contribution in [3.05, 3.63) is 29.3 Å². The van der Waals surface area contributed by atoms with E-state index in [0.717, 1.165) is 18.6 Å². The standard InChI is InChI=1S/C17H27NO2/c1-11-6-7-17(19-5)16(8-11)14(4)18-15-9-12(2)20-13(3)10-15/h6-8,12-15,18H,9-10H2,1-5H3. The van der Waals surface area contributed by atoms with Crippen LogP contribution in [0.3, 0.4) is 0 Å². The minimum atomic E-state index is 0.285. The van der Waals surface area contributed by atoms with Crippen molar-refractivity contribution in [2.45, 2.75) is 64.8 Å². The molecule has 2 rings (SSSR count). The van der Waals surface area contributed by atoms with Gasteiger partial charge in [0, 0.05) is 17.6 Å². The zero-order valence-electron chi connectivity index (χ0n) is 13.3. The number of ether oxygens (including phenoxy) is 2. The van der Waals surface area contributed by atoms with E-state index in [1.165, 1.54) is 11.1 Å². The summed E-state index contributed by atoms with van der Waals surface area (Å²) in [7, 11) is 1.74. The third kappa shape index (κ3) is 3.74. The van der Waals surface area contributed by atoms with Crippen molar-refractivity contribution in [1.29, 1.82) is 0 Å². The number of hydrogen-bond donors (Lipinski definition) is 1. The van der Waals surface area contributed by atoms with Crippen LogP contribution >= 0.6 is 0 Å². The lowest BCUT2D eigenvalue weighted by atomic mass is 9.97. The van der Waals surface area contributed by atoms with Gasteiger partial charge >= 0.3 is 0 Å². The molecule has 0 amide bonds. The van der Waals surface area contributed by atoms with E-state index in [1.807, 2.05) is 0 Å². The zero-order chi connectivity index (χ0) is 14.7. The van der Waals surface area contributed by atoms with Crippen LogP contribution in [0, 0.1) is 6.92 Å². The van der Waals surface area contributed by atoms with Gasteiger partial charge in [-0.15, -0.1) is 0 Å². The first-order valence-electron chi connectivity index (χ1n) is 7.55. The maximum atomic E-state index is 5.80. The lowest BCUT2D eigenvalue weighted by Gasteiger charge is -2.34. The largest absolute Gasteiger partial charge is 0.496 e. The van der Waals surface area contributed by atoms with Crippen molar-refractivity contribution in [2.75, 3.05) is 7.11 Å². The smallest absolute Gasteiger partial charge is 0.123 e. The first-order chi connectivity index (χ1) is 9.49. The molecule has 1 aromatic rings. The average molecular weight is 277 g/mol. The van der Waals surface area contributed by atoms with E-state index < -0.39 is 0 Å². The van der Waals surface area contributed by atoms with Crippen LogP contribution in [0.2, 0.25) is 0 Å². The summed E-state index contributed by atoms with van der Waals surface area (Å²) >= 11 is 0. The van der Waals surface area contributed by atoms with Crippen molar-refractivity contribution in [3.63, 3.8) is 0 Å². The van der Waals surface area contributed by atoms with Crippen LogP contribution in [0.5, 0.6) is 5.75 Å². The Morgan fingerprint density at radius 3 is 2.50 bits per heavy atom. The summed E-state index contributed by atoms with van der Waals surface area (Å²) in [4.78, 5) is 0. The molecule has 3 unspecified atom stereocenters. The Labute approximate surface area is 122 Å². The summed E-state index contributed by atoms with van der Waals surface area (Å²) in [6.07, 6.45) is 2.82. The van der Waals surface area contributed by atoms with Crippen molar-refractivity contribution in [2.24, 2.45) is 0 Å². The molecule has 1 aliphatic rings. The molecule has 3 heteroatoms. The van der Waals surface area contributed by atoms with Gasteiger partial charge in [0.05, 0.1) is 19.3 Å². The van der Waals surface area contributed by atoms with Crippen molar-refractivity contribution >= 4 is 0 Å². The van der Waals surface area contributed by atoms with Crippen LogP contribution in [-0.4, -0.2) is 25.4 Å². The Morgan fingerprint density at radius 2 is 1.90 bits per heavy atom. The van der Waals surface area contributed by atoms with Gasteiger partial charge in [-0.3, -0.25) is 0 Å². The van der Waals surface area contributed by atoms with Crippen LogP contribution < -0.4 is 10.1 Å². The third-order valence-electron chi connectivity index (χ3n) is 4.03. The summed E-state index contributed by atoms with van der Waals surface area (Å²) in [5.74, 6) is 0.962. The number of aryl methyl sites for hydroxylation is 1. The molecule has 1 aromatic carbocycles. The molecular weight excluding hydrogens is 250 g/mol. The quantitative estimate of drug-likeness (QED) is 0.912. The van der Waals surface area contributed by atoms with Crippen molar-refractivity contribution < 1.29 is 9.47 Å². The van der Waals surface area contributed by atoms with Gasteiger partial charge in [0.25, 0.3) is 0 Å². The molecule has 0 aliphatic carbocycles. The molecule has 0 aromatic heterocycles. The minimum Gasteiger partial charge on any atom is -0.496 e. The summed E-state index contributed by atoms with van der Waals surface area (Å²) in [5.41, 5.74) is 2.50. The fraction of sp³-hybridized carbons (Fsp3) is 0.647. The number of nitrogens with one attached hydrogen (secondary N) is 1. The van der Waals surface area contributed by atoms with Gasteiger partial charge in [-0.1, -0.05) is 17.7 Å². The Hall–Kier alpha value is -1.06. The zero-order valence-corrected chi connectivity index (χ0v) is 13.3. The van der Waals surface area contributed by atoms with Crippen LogP contribution in [-0.2, 0) is 4.74 Å². The summed E-state index contributed by atoms with van der Waals surface area (Å²) in [6.45, 7) is 8.64. The second-order valence-corrected chi connectivity index (χ2v) is 6.06. The highest BCUT2D eigenvalue weighted by Crippen LogP contribution is 2.28. The van der Waals surface area contributed by atoms with Crippen LogP contribution in [0.1, 0.15) is 50.8 Å². The lowest BCUT2D eigenvalue weighted by Crippen LogP contribution is -2.42. The minimum absolute atomic E-state index is 0.285. The molecule has 1 aliphatic heterocycles. The van der Waals surface area contributed by atoms with Gasteiger partial charge in [-0.05, 0) is 46.6 Å². The van der Waals surface area contributed by atoms with Gasteiger partial charge in [-0.2, -0.15) is 0 Å². The molecule has 1 N–H and O–H groups in total. The number of methoxy groups -OCH3 is 1. The van der Waals surface area contributed by atoms with Gasteiger partial charge in [0.2, 0.25) is 0 Å². The SMILES string of the molecule is COc1ccc(C)cc1C(C)NC1CC(C)OC(C)C1. The van der Waals surface area contributed by atoms with Crippen molar-refractivity contribution in [1.82, 2.24) is 5.32 Å². The molecule has 3 nitrogen and oxygen atoms in total. The topological polar surface area (TPSA) is 30.5 Å². The molecule has 0 radical (unpaired) electrons. The average Bonchev–Trinajstić information content (AvgIpc) is 2.37. The van der Waals surface area contributed by atoms with Gasteiger partial charge in [0.1, 0.15) is 5.75 Å². The third-order valence-corrected chi connectivity index (χ3v) is 4.03. The van der Waals surface area contributed by atoms with E-state index in [2.05, 4.69) is 51.2 Å². The Bertz CT molecular complexity index is 437. The molecule has 1 saturated heterocycles. The maximum Gasteiger partial charge on any atom is 0.123 e. The second kappa shape index (κ2) is 6.59. The van der Waals surface area contributed by atoms with E-state index in [4.69, 9.17) is 9.47 Å². The molecule has 0 spiro atoms. The Kier molecular flexibility index (Phi) is 5.06. The van der Waals surface area contributed by atoms with E-state index in [-0.39, 0.29) is 6.04 Å². The maximum absolute atomic E-state index is 5.80. The van der Waals surface area contributed by atoms with Crippen LogP contribution in [0.25, 0.3) is 0 Å². The summed E-state index contributed by atoms with van der Waals surface area (Å²) in [6, 6.07) is 7.15. The predicted molar refractivity (Wildman–Crippen MR) is 82.3 cm³/mol. The molecule has 1 fully saturated rings. The van der Waals surface area contributed by atoms with Crippen LogP contribution in [0.15, 0.2) is 18.2 Å². The summed E-state index contributed by atoms with van der Waals surface area (Å²) < 4.78 is 11.3. The first kappa shape index (κ1) is 15.3. The fourth-order valence-electron chi connectivity index (χ4n) is 3.18. The van der Waals surface area contributed by atoms with Gasteiger partial charge < -0.3 is 14.8 Å². The van der Waals surface area contributed by atoms with Crippen molar-refractivity contribution in [3.8, 4) is 5.75 Å². The highest BCUT2D eigenvalue weighted by molar-refractivity contribution is 5.38. The second-order valence-electron chi connectivity index (χ2n) is 6.06. The van der Waals surface area contributed by atoms with E-state index in [9.17, 15) is 0 Å². The molecule has 3 atom stereocenters. The first-order valence-corrected chi connectivity index (χ1v) is 7.55. The van der Waals surface area contributed by atoms with E-state index in [1.54, 1.807) is 7.11 Å². The highest BCUT2D eigenvalue weighted by Gasteiger charge is 2.26. The molecule has 112 valence electrons. The summed E-state index contributed by atoms with van der Waals surface area (Å²) in [5, 5.41) is 3.74. The number of benzene rings is 1. The van der Waals surface area contributed by atoms with E-state index in [0.29, 0.717) is 18.2 Å². The lowest BCUT2D eigenvalue weighted by molar-refractivity contribution is -0.0433. The Balaban J connectivity index is 2.07. The number of hydrogen-bond acceptors (Lipinski definition) is 3.